The van der Waals surface area contributed by atoms with Crippen molar-refractivity contribution < 1.29 is 10.2 Å². The molecule has 0 aliphatic heterocycles. The number of terminal acetylenes is 1. The van der Waals surface area contributed by atoms with E-state index in [4.69, 9.17) is 0 Å². The smallest absolute Gasteiger partial charge is 0.0512 e. The third-order valence-corrected chi connectivity index (χ3v) is 3.71. The molecule has 0 bridgehead atoms. The SMILES string of the molecule is C#C.CC.CC(O)CCC(C)C(CO)CCC#CSI. The van der Waals surface area contributed by atoms with Gasteiger partial charge in [-0.2, -0.15) is 0 Å². The predicted octanol–water partition coefficient (Wildman–Crippen LogP) is 4.49. The Labute approximate surface area is 142 Å². The Morgan fingerprint density at radius 2 is 1.70 bits per heavy atom. The molecule has 4 heteroatoms. The maximum Gasteiger partial charge on any atom is 0.0512 e. The van der Waals surface area contributed by atoms with Crippen LogP contribution in [0.4, 0.5) is 0 Å². The molecule has 0 aromatic heterocycles. The maximum absolute atomic E-state index is 9.30. The Hall–Kier alpha value is 0.120. The number of rotatable bonds is 7. The Balaban J connectivity index is -0.000000656. The van der Waals surface area contributed by atoms with Gasteiger partial charge in [0.1, 0.15) is 0 Å². The molecule has 3 atom stereocenters. The number of hydrogen-bond acceptors (Lipinski definition) is 3. The van der Waals surface area contributed by atoms with Gasteiger partial charge in [-0.25, -0.2) is 0 Å². The van der Waals surface area contributed by atoms with Crippen LogP contribution in [0.2, 0.25) is 0 Å². The molecule has 0 heterocycles. The van der Waals surface area contributed by atoms with E-state index in [2.05, 4.69) is 52.1 Å². The second-order valence-corrected chi connectivity index (χ2v) is 5.92. The predicted molar refractivity (Wildman–Crippen MR) is 101 cm³/mol. The molecule has 0 spiro atoms. The van der Waals surface area contributed by atoms with Crippen molar-refractivity contribution in [1.29, 1.82) is 0 Å². The summed E-state index contributed by atoms with van der Waals surface area (Å²) in [7, 11) is 1.50. The molecule has 118 valence electrons. The quantitative estimate of drug-likeness (QED) is 0.478. The molecule has 0 radical (unpaired) electrons. The van der Waals surface area contributed by atoms with Crippen molar-refractivity contribution in [2.45, 2.75) is 59.5 Å². The molecule has 0 rings (SSSR count). The summed E-state index contributed by atoms with van der Waals surface area (Å²) >= 11 is 2.15. The lowest BCUT2D eigenvalue weighted by Crippen LogP contribution is -2.17. The highest BCUT2D eigenvalue weighted by Crippen LogP contribution is 2.22. The summed E-state index contributed by atoms with van der Waals surface area (Å²) in [4.78, 5) is 0. The van der Waals surface area contributed by atoms with Gasteiger partial charge in [-0.05, 0) is 52.2 Å². The molecule has 0 aliphatic carbocycles. The summed E-state index contributed by atoms with van der Waals surface area (Å²) in [5.74, 6) is 3.83. The molecule has 0 fully saturated rings. The minimum atomic E-state index is -0.239. The Bertz CT molecular complexity index is 256. The molecule has 0 aromatic carbocycles. The van der Waals surface area contributed by atoms with Gasteiger partial charge in [0.25, 0.3) is 0 Å². The van der Waals surface area contributed by atoms with Gasteiger partial charge >= 0.3 is 0 Å². The van der Waals surface area contributed by atoms with Crippen molar-refractivity contribution in [2.24, 2.45) is 11.8 Å². The van der Waals surface area contributed by atoms with Crippen molar-refractivity contribution in [2.75, 3.05) is 6.61 Å². The van der Waals surface area contributed by atoms with Crippen LogP contribution in [0.25, 0.3) is 0 Å². The molecule has 20 heavy (non-hydrogen) atoms. The second-order valence-electron chi connectivity index (χ2n) is 4.24. The van der Waals surface area contributed by atoms with Crippen molar-refractivity contribution in [3.8, 4) is 24.0 Å². The number of aliphatic hydroxyl groups excluding tert-OH is 2. The van der Waals surface area contributed by atoms with Gasteiger partial charge < -0.3 is 10.2 Å². The molecule has 0 amide bonds. The van der Waals surface area contributed by atoms with Crippen LogP contribution >= 0.6 is 30.1 Å². The Kier molecular flexibility index (Phi) is 26.9. The summed E-state index contributed by atoms with van der Waals surface area (Å²) in [6, 6.07) is 0. The van der Waals surface area contributed by atoms with Crippen LogP contribution in [0.15, 0.2) is 0 Å². The van der Waals surface area contributed by atoms with E-state index in [0.717, 1.165) is 25.7 Å². The van der Waals surface area contributed by atoms with E-state index in [-0.39, 0.29) is 12.7 Å². The van der Waals surface area contributed by atoms with Crippen molar-refractivity contribution in [3.63, 3.8) is 0 Å². The van der Waals surface area contributed by atoms with Gasteiger partial charge in [0.15, 0.2) is 0 Å². The fourth-order valence-corrected chi connectivity index (χ4v) is 2.26. The fraction of sp³-hybridized carbons (Fsp3) is 0.750. The van der Waals surface area contributed by atoms with Crippen molar-refractivity contribution >= 4 is 30.1 Å². The van der Waals surface area contributed by atoms with E-state index < -0.39 is 0 Å². The van der Waals surface area contributed by atoms with Crippen molar-refractivity contribution in [1.82, 2.24) is 0 Å². The van der Waals surface area contributed by atoms with E-state index in [1.165, 1.54) is 8.93 Å². The zero-order valence-corrected chi connectivity index (χ0v) is 16.1. The molecule has 0 saturated carbocycles. The van der Waals surface area contributed by atoms with E-state index in [1.807, 2.05) is 20.8 Å². The fourth-order valence-electron chi connectivity index (χ4n) is 1.63. The van der Waals surface area contributed by atoms with Crippen LogP contribution in [0.3, 0.4) is 0 Å². The minimum Gasteiger partial charge on any atom is -0.396 e. The van der Waals surface area contributed by atoms with Gasteiger partial charge in [0.05, 0.1) is 6.10 Å². The Morgan fingerprint density at radius 1 is 1.15 bits per heavy atom. The highest BCUT2D eigenvalue weighted by molar-refractivity contribution is 14.2. The summed E-state index contributed by atoms with van der Waals surface area (Å²) < 4.78 is 0. The van der Waals surface area contributed by atoms with Crippen LogP contribution in [0.1, 0.15) is 53.4 Å². The average molecular weight is 412 g/mol. The molecule has 0 aliphatic rings. The first-order chi connectivity index (χ1) is 9.61. The maximum atomic E-state index is 9.30. The molecule has 2 nitrogen and oxygen atoms in total. The first kappa shape index (κ1) is 25.1. The molecule has 0 saturated heterocycles. The lowest BCUT2D eigenvalue weighted by molar-refractivity contribution is 0.139. The summed E-state index contributed by atoms with van der Waals surface area (Å²) in [6.07, 6.45) is 11.3. The highest BCUT2D eigenvalue weighted by Gasteiger charge is 2.16. The molecule has 2 N–H and O–H groups in total. The zero-order chi connectivity index (χ0) is 16.4. The topological polar surface area (TPSA) is 40.5 Å². The highest BCUT2D eigenvalue weighted by atomic mass is 127. The van der Waals surface area contributed by atoms with Crippen LogP contribution in [-0.4, -0.2) is 22.9 Å². The van der Waals surface area contributed by atoms with Crippen LogP contribution in [0, 0.1) is 35.9 Å². The first-order valence-corrected chi connectivity index (χ1v) is 10.4. The van der Waals surface area contributed by atoms with Crippen LogP contribution in [-0.2, 0) is 0 Å². The number of halogens is 1. The molecular weight excluding hydrogens is 383 g/mol. The largest absolute Gasteiger partial charge is 0.396 e. The average Bonchev–Trinajstić information content (AvgIpc) is 2.49. The van der Waals surface area contributed by atoms with Crippen LogP contribution in [0.5, 0.6) is 0 Å². The van der Waals surface area contributed by atoms with Crippen molar-refractivity contribution in [3.05, 3.63) is 0 Å². The first-order valence-electron chi connectivity index (χ1n) is 6.99. The lowest BCUT2D eigenvalue weighted by atomic mass is 9.86. The third-order valence-electron chi connectivity index (χ3n) is 2.83. The van der Waals surface area contributed by atoms with E-state index in [1.54, 1.807) is 0 Å². The van der Waals surface area contributed by atoms with Crippen LogP contribution < -0.4 is 0 Å². The van der Waals surface area contributed by atoms with E-state index in [9.17, 15) is 10.2 Å². The normalized spacial score (nSPS) is 13.2. The summed E-state index contributed by atoms with van der Waals surface area (Å²) in [5, 5.41) is 21.5. The standard InChI is InChI=1S/C12H21IO2S.C2H6.C2H2/c1-10(6-7-11(2)15)12(9-14)5-3-4-8-16-13;2*1-2/h10-12,14-15H,3,5-7,9H2,1-2H3;1-2H3;1-2H. The molecular formula is C16H29IO2S. The molecule has 3 unspecified atom stereocenters. The monoisotopic (exact) mass is 412 g/mol. The van der Waals surface area contributed by atoms with Gasteiger partial charge in [-0.15, -0.1) is 12.8 Å². The Morgan fingerprint density at radius 3 is 2.10 bits per heavy atom. The molecule has 0 aromatic rings. The van der Waals surface area contributed by atoms with Gasteiger partial charge in [0.2, 0.25) is 0 Å². The second kappa shape index (κ2) is 21.4. The zero-order valence-electron chi connectivity index (χ0n) is 13.1. The minimum absolute atomic E-state index is 0.222. The summed E-state index contributed by atoms with van der Waals surface area (Å²) in [5.41, 5.74) is 0. The number of hydrogen-bond donors (Lipinski definition) is 2. The van der Waals surface area contributed by atoms with E-state index in [0.29, 0.717) is 11.8 Å². The van der Waals surface area contributed by atoms with E-state index >= 15 is 0 Å². The third kappa shape index (κ3) is 18.1. The van der Waals surface area contributed by atoms with Gasteiger partial charge in [-0.1, -0.05) is 26.7 Å². The van der Waals surface area contributed by atoms with Gasteiger partial charge in [-0.3, -0.25) is 0 Å². The van der Waals surface area contributed by atoms with Gasteiger partial charge in [0, 0.05) is 34.2 Å². The lowest BCUT2D eigenvalue weighted by Gasteiger charge is -2.21. The number of aliphatic hydroxyl groups is 2. The summed E-state index contributed by atoms with van der Waals surface area (Å²) in [6.45, 7) is 8.17.